The van der Waals surface area contributed by atoms with E-state index in [2.05, 4.69) is 10.6 Å². The zero-order valence-corrected chi connectivity index (χ0v) is 17.3. The van der Waals surface area contributed by atoms with Crippen LogP contribution in [0.15, 0.2) is 78.9 Å². The van der Waals surface area contributed by atoms with Crippen LogP contribution in [0.5, 0.6) is 0 Å². The van der Waals surface area contributed by atoms with Gasteiger partial charge >= 0.3 is 5.97 Å². The number of amides is 2. The SMILES string of the molecule is CN(CC(=O)O)C(=O)c1ccc(NC(=C2C(=O)Nc3ccccc32)c2ccccc2)cc1. The minimum absolute atomic E-state index is 0.195. The van der Waals surface area contributed by atoms with Crippen LogP contribution >= 0.6 is 0 Å². The molecule has 7 heteroatoms. The van der Waals surface area contributed by atoms with Crippen LogP contribution in [-0.4, -0.2) is 41.4 Å². The zero-order valence-electron chi connectivity index (χ0n) is 17.3. The molecule has 0 atom stereocenters. The van der Waals surface area contributed by atoms with Crippen LogP contribution in [0.3, 0.4) is 0 Å². The van der Waals surface area contributed by atoms with Crippen LogP contribution in [0.1, 0.15) is 21.5 Å². The Morgan fingerprint density at radius 1 is 0.906 bits per heavy atom. The van der Waals surface area contributed by atoms with Crippen molar-refractivity contribution in [2.45, 2.75) is 0 Å². The van der Waals surface area contributed by atoms with Gasteiger partial charge in [0.05, 0.1) is 11.3 Å². The van der Waals surface area contributed by atoms with E-state index in [1.807, 2.05) is 54.6 Å². The summed E-state index contributed by atoms with van der Waals surface area (Å²) in [5.41, 5.74) is 4.65. The van der Waals surface area contributed by atoms with E-state index < -0.39 is 5.97 Å². The first-order valence-corrected chi connectivity index (χ1v) is 9.99. The highest BCUT2D eigenvalue weighted by Crippen LogP contribution is 2.37. The summed E-state index contributed by atoms with van der Waals surface area (Å²) in [5.74, 6) is -1.65. The van der Waals surface area contributed by atoms with Gasteiger partial charge in [-0.2, -0.15) is 0 Å². The number of carbonyl (C=O) groups excluding carboxylic acids is 2. The fraction of sp³-hybridized carbons (Fsp3) is 0.0800. The smallest absolute Gasteiger partial charge is 0.323 e. The van der Waals surface area contributed by atoms with Gasteiger partial charge in [-0.15, -0.1) is 0 Å². The summed E-state index contributed by atoms with van der Waals surface area (Å²) in [6.07, 6.45) is 0. The van der Waals surface area contributed by atoms with E-state index in [-0.39, 0.29) is 18.4 Å². The third-order valence-electron chi connectivity index (χ3n) is 5.10. The molecule has 0 bridgehead atoms. The van der Waals surface area contributed by atoms with Crippen molar-refractivity contribution in [1.82, 2.24) is 4.90 Å². The molecule has 1 aliphatic rings. The van der Waals surface area contributed by atoms with Crippen molar-refractivity contribution in [1.29, 1.82) is 0 Å². The number of aliphatic carboxylic acids is 1. The van der Waals surface area contributed by atoms with Crippen LogP contribution < -0.4 is 10.6 Å². The minimum atomic E-state index is -1.08. The number of nitrogens with zero attached hydrogens (tertiary/aromatic N) is 1. The van der Waals surface area contributed by atoms with Gasteiger partial charge in [-0.3, -0.25) is 14.4 Å². The number of carboxylic acids is 1. The Hall–Kier alpha value is -4.39. The topological polar surface area (TPSA) is 98.7 Å². The molecule has 0 radical (unpaired) electrons. The maximum Gasteiger partial charge on any atom is 0.323 e. The molecule has 3 aromatic rings. The van der Waals surface area contributed by atoms with E-state index >= 15 is 0 Å². The molecule has 2 amide bonds. The maximum atomic E-state index is 12.8. The Morgan fingerprint density at radius 3 is 2.25 bits per heavy atom. The lowest BCUT2D eigenvalue weighted by Gasteiger charge is -2.16. The average Bonchev–Trinajstić information content (AvgIpc) is 3.13. The normalized spacial score (nSPS) is 13.7. The lowest BCUT2D eigenvalue weighted by Crippen LogP contribution is -2.31. The number of para-hydroxylation sites is 1. The highest BCUT2D eigenvalue weighted by atomic mass is 16.4. The van der Waals surface area contributed by atoms with E-state index in [0.29, 0.717) is 22.5 Å². The first kappa shape index (κ1) is 20.9. The summed E-state index contributed by atoms with van der Waals surface area (Å²) in [5, 5.41) is 15.1. The van der Waals surface area contributed by atoms with Gasteiger partial charge in [-0.1, -0.05) is 48.5 Å². The largest absolute Gasteiger partial charge is 0.480 e. The second-order valence-electron chi connectivity index (χ2n) is 7.37. The van der Waals surface area contributed by atoms with Crippen molar-refractivity contribution < 1.29 is 19.5 Å². The molecule has 7 nitrogen and oxygen atoms in total. The molecule has 1 heterocycles. The quantitative estimate of drug-likeness (QED) is 0.520. The van der Waals surface area contributed by atoms with Gasteiger partial charge in [0.1, 0.15) is 6.54 Å². The first-order valence-electron chi connectivity index (χ1n) is 9.99. The second kappa shape index (κ2) is 8.77. The van der Waals surface area contributed by atoms with Crippen molar-refractivity contribution >= 4 is 40.4 Å². The fourth-order valence-electron chi connectivity index (χ4n) is 3.58. The highest BCUT2D eigenvalue weighted by Gasteiger charge is 2.28. The van der Waals surface area contributed by atoms with Gasteiger partial charge in [-0.25, -0.2) is 0 Å². The summed E-state index contributed by atoms with van der Waals surface area (Å²) in [6.45, 7) is -0.377. The van der Waals surface area contributed by atoms with Gasteiger partial charge in [0.2, 0.25) is 0 Å². The number of fused-ring (bicyclic) bond motifs is 1. The van der Waals surface area contributed by atoms with Crippen LogP contribution in [0, 0.1) is 0 Å². The number of hydrogen-bond acceptors (Lipinski definition) is 4. The fourth-order valence-corrected chi connectivity index (χ4v) is 3.58. The van der Waals surface area contributed by atoms with E-state index in [1.54, 1.807) is 24.3 Å². The minimum Gasteiger partial charge on any atom is -0.480 e. The predicted molar refractivity (Wildman–Crippen MR) is 123 cm³/mol. The Labute approximate surface area is 185 Å². The monoisotopic (exact) mass is 427 g/mol. The van der Waals surface area contributed by atoms with E-state index in [4.69, 9.17) is 5.11 Å². The van der Waals surface area contributed by atoms with Gasteiger partial charge in [0, 0.05) is 29.5 Å². The van der Waals surface area contributed by atoms with E-state index in [0.717, 1.165) is 21.7 Å². The highest BCUT2D eigenvalue weighted by molar-refractivity contribution is 6.37. The zero-order chi connectivity index (χ0) is 22.7. The van der Waals surface area contributed by atoms with Gasteiger partial charge in [-0.05, 0) is 35.9 Å². The summed E-state index contributed by atoms with van der Waals surface area (Å²) in [7, 11) is 1.44. The number of likely N-dealkylation sites (N-methyl/N-ethyl adjacent to an activating group) is 1. The van der Waals surface area contributed by atoms with Gasteiger partial charge in [0.25, 0.3) is 11.8 Å². The van der Waals surface area contributed by atoms with Crippen LogP contribution in [-0.2, 0) is 9.59 Å². The standard InChI is InChI=1S/C25H21N3O4/c1-28(15-21(29)30)25(32)17-11-13-18(14-12-17)26-23(16-7-3-2-4-8-16)22-19-9-5-6-10-20(19)27-24(22)31/h2-14,26H,15H2,1H3,(H,27,31)(H,29,30). The molecular weight excluding hydrogens is 406 g/mol. The molecule has 4 rings (SSSR count). The molecule has 0 spiro atoms. The van der Waals surface area contributed by atoms with Crippen LogP contribution in [0.25, 0.3) is 11.3 Å². The lowest BCUT2D eigenvalue weighted by atomic mass is 10.00. The average molecular weight is 427 g/mol. The molecule has 0 saturated heterocycles. The number of carbonyl (C=O) groups is 3. The molecular formula is C25H21N3O4. The molecule has 0 aromatic heterocycles. The second-order valence-corrected chi connectivity index (χ2v) is 7.37. The van der Waals surface area contributed by atoms with Crippen LogP contribution in [0.2, 0.25) is 0 Å². The Morgan fingerprint density at radius 2 is 1.56 bits per heavy atom. The summed E-state index contributed by atoms with van der Waals surface area (Å²) < 4.78 is 0. The summed E-state index contributed by atoms with van der Waals surface area (Å²) >= 11 is 0. The summed E-state index contributed by atoms with van der Waals surface area (Å²) in [6, 6.07) is 23.8. The molecule has 160 valence electrons. The Balaban J connectivity index is 1.69. The van der Waals surface area contributed by atoms with Gasteiger partial charge in [0.15, 0.2) is 0 Å². The van der Waals surface area contributed by atoms with Crippen LogP contribution in [0.4, 0.5) is 11.4 Å². The van der Waals surface area contributed by atoms with Crippen molar-refractivity contribution in [2.75, 3.05) is 24.2 Å². The predicted octanol–water partition coefficient (Wildman–Crippen LogP) is 3.78. The van der Waals surface area contributed by atoms with E-state index in [9.17, 15) is 14.4 Å². The molecule has 32 heavy (non-hydrogen) atoms. The van der Waals surface area contributed by atoms with Gasteiger partial charge < -0.3 is 20.6 Å². The van der Waals surface area contributed by atoms with Crippen molar-refractivity contribution in [3.63, 3.8) is 0 Å². The van der Waals surface area contributed by atoms with Crippen molar-refractivity contribution in [2.24, 2.45) is 0 Å². The maximum absolute atomic E-state index is 12.8. The van der Waals surface area contributed by atoms with Crippen molar-refractivity contribution in [3.8, 4) is 0 Å². The first-order chi connectivity index (χ1) is 15.4. The molecule has 3 aromatic carbocycles. The number of rotatable bonds is 6. The molecule has 0 aliphatic carbocycles. The molecule has 3 N–H and O–H groups in total. The molecule has 0 saturated carbocycles. The summed E-state index contributed by atoms with van der Waals surface area (Å²) in [4.78, 5) is 37.2. The Kier molecular flexibility index (Phi) is 5.72. The lowest BCUT2D eigenvalue weighted by molar-refractivity contribution is -0.137. The number of nitrogens with one attached hydrogen (secondary N) is 2. The number of hydrogen-bond donors (Lipinski definition) is 3. The number of carboxylic acid groups (broad SMARTS) is 1. The Bertz CT molecular complexity index is 1220. The third-order valence-corrected chi connectivity index (χ3v) is 5.10. The number of benzene rings is 3. The molecule has 1 aliphatic heterocycles. The molecule has 0 fully saturated rings. The van der Waals surface area contributed by atoms with E-state index in [1.165, 1.54) is 7.05 Å². The van der Waals surface area contributed by atoms with Crippen molar-refractivity contribution in [3.05, 3.63) is 95.6 Å². The third kappa shape index (κ3) is 4.22. The molecule has 0 unspecified atom stereocenters. The number of anilines is 2.